The van der Waals surface area contributed by atoms with Crippen LogP contribution in [0.15, 0.2) is 32.8 Å². The number of nitrogens with two attached hydrogens (primary N) is 2. The number of H-pyrrole nitrogens is 1. The molecule has 1 unspecified atom stereocenters. The predicted octanol–water partition coefficient (Wildman–Crippen LogP) is 3.13. The summed E-state index contributed by atoms with van der Waals surface area (Å²) in [6, 6.07) is 5.54. The molecule has 1 saturated carbocycles. The van der Waals surface area contributed by atoms with Gasteiger partial charge in [-0.15, -0.1) is 0 Å². The second-order valence-corrected chi connectivity index (χ2v) is 8.95. The van der Waals surface area contributed by atoms with Crippen molar-refractivity contribution >= 4 is 46.7 Å². The normalized spacial score (nSPS) is 21.2. The Hall–Kier alpha value is -1.41. The number of nitrogen functional groups attached to an aromatic ring is 1. The standard InChI is InChI=1S/C17H19Cl2N5OS/c18-10-2-1-3-11(12(10)19)26-13-14(21)22-16(23-15(13)25)24-7-17(8-24)5-4-9(20)6-17/h1-3,9H,4-8,20H2,(H3,21,22,23,25). The van der Waals surface area contributed by atoms with E-state index in [9.17, 15) is 4.79 Å². The summed E-state index contributed by atoms with van der Waals surface area (Å²) in [4.78, 5) is 22.8. The lowest BCUT2D eigenvalue weighted by atomic mass is 9.78. The van der Waals surface area contributed by atoms with Crippen LogP contribution in [0.3, 0.4) is 0 Å². The van der Waals surface area contributed by atoms with Gasteiger partial charge < -0.3 is 16.4 Å². The van der Waals surface area contributed by atoms with Crippen LogP contribution in [0.25, 0.3) is 0 Å². The van der Waals surface area contributed by atoms with Gasteiger partial charge in [0.25, 0.3) is 5.56 Å². The van der Waals surface area contributed by atoms with Crippen molar-refractivity contribution < 1.29 is 0 Å². The molecule has 0 amide bonds. The first-order valence-electron chi connectivity index (χ1n) is 8.39. The molecule has 1 aromatic carbocycles. The van der Waals surface area contributed by atoms with Gasteiger partial charge in [0.15, 0.2) is 0 Å². The molecule has 4 rings (SSSR count). The summed E-state index contributed by atoms with van der Waals surface area (Å²) in [6.45, 7) is 1.71. The number of benzene rings is 1. The Labute approximate surface area is 165 Å². The third-order valence-corrected chi connectivity index (χ3v) is 7.20. The van der Waals surface area contributed by atoms with E-state index in [1.54, 1.807) is 18.2 Å². The summed E-state index contributed by atoms with van der Waals surface area (Å²) >= 11 is 13.4. The molecule has 6 nitrogen and oxygen atoms in total. The number of aromatic nitrogens is 2. The second-order valence-electron chi connectivity index (χ2n) is 7.12. The Balaban J connectivity index is 1.55. The molecule has 1 spiro atoms. The molecule has 1 atom stereocenters. The number of nitrogens with zero attached hydrogens (tertiary/aromatic N) is 2. The van der Waals surface area contributed by atoms with Crippen molar-refractivity contribution in [1.29, 1.82) is 0 Å². The van der Waals surface area contributed by atoms with Crippen molar-refractivity contribution in [1.82, 2.24) is 9.97 Å². The minimum atomic E-state index is -0.280. The highest BCUT2D eigenvalue weighted by Crippen LogP contribution is 2.46. The summed E-state index contributed by atoms with van der Waals surface area (Å²) < 4.78 is 0. The first-order valence-corrected chi connectivity index (χ1v) is 9.96. The van der Waals surface area contributed by atoms with Gasteiger partial charge in [-0.2, -0.15) is 4.98 Å². The van der Waals surface area contributed by atoms with Crippen molar-refractivity contribution in [2.75, 3.05) is 23.7 Å². The third kappa shape index (κ3) is 3.17. The highest BCUT2D eigenvalue weighted by Gasteiger charge is 2.48. The summed E-state index contributed by atoms with van der Waals surface area (Å²) in [5.74, 6) is 0.703. The maximum Gasteiger partial charge on any atom is 0.268 e. The smallest absolute Gasteiger partial charge is 0.268 e. The van der Waals surface area contributed by atoms with Gasteiger partial charge in [0.05, 0.1) is 10.0 Å². The molecular formula is C17H19Cl2N5OS. The number of hydrogen-bond donors (Lipinski definition) is 3. The fourth-order valence-corrected chi connectivity index (χ4v) is 5.17. The minimum Gasteiger partial charge on any atom is -0.382 e. The van der Waals surface area contributed by atoms with Crippen molar-refractivity contribution in [2.24, 2.45) is 11.1 Å². The summed E-state index contributed by atoms with van der Waals surface area (Å²) in [5.41, 5.74) is 12.1. The topological polar surface area (TPSA) is 101 Å². The highest BCUT2D eigenvalue weighted by atomic mass is 35.5. The van der Waals surface area contributed by atoms with Crippen LogP contribution >= 0.6 is 35.0 Å². The summed E-state index contributed by atoms with van der Waals surface area (Å²) in [5, 5.41) is 0.821. The number of rotatable bonds is 3. The van der Waals surface area contributed by atoms with E-state index in [4.69, 9.17) is 34.7 Å². The van der Waals surface area contributed by atoms with Crippen LogP contribution in [0.2, 0.25) is 10.0 Å². The molecule has 2 fully saturated rings. The highest BCUT2D eigenvalue weighted by molar-refractivity contribution is 7.99. The van der Waals surface area contributed by atoms with Gasteiger partial charge in [0.1, 0.15) is 10.7 Å². The van der Waals surface area contributed by atoms with E-state index < -0.39 is 0 Å². The molecule has 5 N–H and O–H groups in total. The van der Waals surface area contributed by atoms with E-state index in [0.29, 0.717) is 25.8 Å². The molecule has 1 aliphatic heterocycles. The molecule has 2 heterocycles. The average molecular weight is 412 g/mol. The van der Waals surface area contributed by atoms with Crippen LogP contribution in [-0.2, 0) is 0 Å². The second kappa shape index (κ2) is 6.64. The zero-order chi connectivity index (χ0) is 18.5. The van der Waals surface area contributed by atoms with Crippen molar-refractivity contribution in [3.05, 3.63) is 38.6 Å². The monoisotopic (exact) mass is 411 g/mol. The SMILES string of the molecule is Nc1nc(N2CC3(CCC(N)C3)C2)[nH]c(=O)c1Sc1cccc(Cl)c1Cl. The van der Waals surface area contributed by atoms with Gasteiger partial charge in [-0.3, -0.25) is 9.78 Å². The largest absolute Gasteiger partial charge is 0.382 e. The predicted molar refractivity (Wildman–Crippen MR) is 106 cm³/mol. The molecule has 26 heavy (non-hydrogen) atoms. The Morgan fingerprint density at radius 3 is 2.77 bits per heavy atom. The minimum absolute atomic E-state index is 0.189. The van der Waals surface area contributed by atoms with Crippen LogP contribution < -0.4 is 21.9 Å². The Morgan fingerprint density at radius 1 is 1.35 bits per heavy atom. The first kappa shape index (κ1) is 18.0. The lowest BCUT2D eigenvalue weighted by molar-refractivity contribution is 0.216. The lowest BCUT2D eigenvalue weighted by Crippen LogP contribution is -2.56. The van der Waals surface area contributed by atoms with E-state index in [1.807, 2.05) is 0 Å². The Bertz CT molecular complexity index is 913. The molecular weight excluding hydrogens is 393 g/mol. The van der Waals surface area contributed by atoms with Crippen LogP contribution in [-0.4, -0.2) is 29.1 Å². The van der Waals surface area contributed by atoms with Gasteiger partial charge in [-0.1, -0.05) is 41.0 Å². The maximum atomic E-state index is 12.6. The fraction of sp³-hybridized carbons (Fsp3) is 0.412. The lowest BCUT2D eigenvalue weighted by Gasteiger charge is -2.48. The van der Waals surface area contributed by atoms with Crippen molar-refractivity contribution in [3.8, 4) is 0 Å². The van der Waals surface area contributed by atoms with Gasteiger partial charge in [-0.05, 0) is 31.4 Å². The molecule has 1 aromatic heterocycles. The molecule has 1 saturated heterocycles. The van der Waals surface area contributed by atoms with Crippen molar-refractivity contribution in [2.45, 2.75) is 35.1 Å². The maximum absolute atomic E-state index is 12.6. The van der Waals surface area contributed by atoms with Crippen molar-refractivity contribution in [3.63, 3.8) is 0 Å². The van der Waals surface area contributed by atoms with E-state index in [0.717, 1.165) is 44.1 Å². The zero-order valence-corrected chi connectivity index (χ0v) is 16.3. The summed E-state index contributed by atoms with van der Waals surface area (Å²) in [6.07, 6.45) is 3.23. The van der Waals surface area contributed by atoms with Gasteiger partial charge in [0, 0.05) is 29.4 Å². The van der Waals surface area contributed by atoms with E-state index in [2.05, 4.69) is 14.9 Å². The van der Waals surface area contributed by atoms with Gasteiger partial charge >= 0.3 is 0 Å². The van der Waals surface area contributed by atoms with Crippen LogP contribution in [0.4, 0.5) is 11.8 Å². The first-order chi connectivity index (χ1) is 12.4. The Kier molecular flexibility index (Phi) is 4.59. The van der Waals surface area contributed by atoms with E-state index >= 15 is 0 Å². The molecule has 138 valence electrons. The van der Waals surface area contributed by atoms with Crippen LogP contribution in [0.5, 0.6) is 0 Å². The number of nitrogens with one attached hydrogen (secondary N) is 1. The van der Waals surface area contributed by atoms with Crippen LogP contribution in [0, 0.1) is 5.41 Å². The van der Waals surface area contributed by atoms with E-state index in [1.165, 1.54) is 0 Å². The molecule has 2 aromatic rings. The molecule has 9 heteroatoms. The van der Waals surface area contributed by atoms with Gasteiger partial charge in [0.2, 0.25) is 5.95 Å². The number of halogens is 2. The third-order valence-electron chi connectivity index (χ3n) is 5.11. The van der Waals surface area contributed by atoms with Crippen LogP contribution in [0.1, 0.15) is 19.3 Å². The molecule has 0 radical (unpaired) electrons. The number of aromatic amines is 1. The molecule has 1 aliphatic carbocycles. The number of hydrogen-bond acceptors (Lipinski definition) is 6. The summed E-state index contributed by atoms with van der Waals surface area (Å²) in [7, 11) is 0. The number of anilines is 2. The Morgan fingerprint density at radius 2 is 2.12 bits per heavy atom. The zero-order valence-electron chi connectivity index (χ0n) is 14.0. The molecule has 2 aliphatic rings. The quantitative estimate of drug-likeness (QED) is 0.716. The fourth-order valence-electron chi connectivity index (χ4n) is 3.84. The molecule has 0 bridgehead atoms. The van der Waals surface area contributed by atoms with Gasteiger partial charge in [-0.25, -0.2) is 0 Å². The average Bonchev–Trinajstić information content (AvgIpc) is 2.95. The van der Waals surface area contributed by atoms with E-state index in [-0.39, 0.29) is 22.8 Å².